The average Bonchev–Trinajstić information content (AvgIpc) is 2.25. The van der Waals surface area contributed by atoms with Gasteiger partial charge in [-0.15, -0.1) is 9.93 Å². The summed E-state index contributed by atoms with van der Waals surface area (Å²) in [6, 6.07) is 0. The second kappa shape index (κ2) is 6.34. The first-order valence-corrected chi connectivity index (χ1v) is 8.70. The van der Waals surface area contributed by atoms with E-state index in [0.717, 1.165) is 19.3 Å². The summed E-state index contributed by atoms with van der Waals surface area (Å²) in [6.45, 7) is 8.32. The Balaban J connectivity index is 4.32. The van der Waals surface area contributed by atoms with Crippen molar-refractivity contribution in [3.8, 4) is 0 Å². The van der Waals surface area contributed by atoms with Crippen LogP contribution in [0, 0.1) is 0 Å². The van der Waals surface area contributed by atoms with Crippen molar-refractivity contribution in [2.75, 3.05) is 26.1 Å². The summed E-state index contributed by atoms with van der Waals surface area (Å²) in [4.78, 5) is 12.9. The van der Waals surface area contributed by atoms with Crippen LogP contribution >= 0.6 is 0 Å². The van der Waals surface area contributed by atoms with E-state index in [1.54, 1.807) is 11.9 Å². The minimum atomic E-state index is -2.10. The molecule has 17 heavy (non-hydrogen) atoms. The number of hydrogen-bond donors (Lipinski definition) is 1. The number of carbonyl (C=O) groups is 1. The fourth-order valence-electron chi connectivity index (χ4n) is 1.79. The second-order valence-electron chi connectivity index (χ2n) is 5.27. The Hall–Kier alpha value is -0.640. The smallest absolute Gasteiger partial charge is 0.245 e. The van der Waals surface area contributed by atoms with Gasteiger partial charge in [0, 0.05) is 18.3 Å². The summed E-state index contributed by atoms with van der Waals surface area (Å²) >= 11 is 0. The van der Waals surface area contributed by atoms with Gasteiger partial charge in [0.1, 0.15) is 0 Å². The lowest BCUT2D eigenvalue weighted by Crippen LogP contribution is -2.39. The third kappa shape index (κ3) is 4.62. The minimum Gasteiger partial charge on any atom is -0.342 e. The first-order chi connectivity index (χ1) is 7.68. The summed E-state index contributed by atoms with van der Waals surface area (Å²) in [5.41, 5.74) is 0. The van der Waals surface area contributed by atoms with E-state index in [0.29, 0.717) is 6.54 Å². The highest BCUT2D eigenvalue weighted by atomic mass is 32.2. The number of thiol groups is 1. The van der Waals surface area contributed by atoms with E-state index >= 15 is 0 Å². The van der Waals surface area contributed by atoms with Crippen molar-refractivity contribution in [1.82, 2.24) is 4.90 Å². The molecule has 0 aliphatic carbocycles. The van der Waals surface area contributed by atoms with Gasteiger partial charge in [0.2, 0.25) is 5.91 Å². The van der Waals surface area contributed by atoms with E-state index in [1.807, 2.05) is 12.5 Å². The van der Waals surface area contributed by atoms with Gasteiger partial charge in [0.25, 0.3) is 0 Å². The number of carbonyl (C=O) groups excluding carboxylic acids is 1. The van der Waals surface area contributed by atoms with Crippen molar-refractivity contribution >= 4 is 15.8 Å². The topological polar surface area (TPSA) is 37.4 Å². The maximum Gasteiger partial charge on any atom is 0.245 e. The molecule has 4 heteroatoms. The molecule has 0 radical (unpaired) electrons. The van der Waals surface area contributed by atoms with Gasteiger partial charge >= 0.3 is 0 Å². The maximum atomic E-state index is 12.2. The van der Waals surface area contributed by atoms with Crippen LogP contribution in [0.2, 0.25) is 0 Å². The van der Waals surface area contributed by atoms with Gasteiger partial charge in [-0.1, -0.05) is 13.5 Å². The summed E-state index contributed by atoms with van der Waals surface area (Å²) in [6.07, 6.45) is 7.72. The molecule has 0 N–H and O–H groups in total. The molecule has 102 valence electrons. The number of amides is 1. The van der Waals surface area contributed by atoms with Crippen molar-refractivity contribution in [3.05, 3.63) is 12.7 Å². The molecule has 0 fully saturated rings. The highest BCUT2D eigenvalue weighted by Gasteiger charge is 2.30. The number of rotatable bonds is 7. The van der Waals surface area contributed by atoms with E-state index in [1.165, 1.54) is 6.08 Å². The maximum absolute atomic E-state index is 12.2. The third-order valence-corrected chi connectivity index (χ3v) is 6.96. The summed E-state index contributed by atoms with van der Waals surface area (Å²) in [7, 11) is -0.333. The van der Waals surface area contributed by atoms with Crippen LogP contribution < -0.4 is 0 Å². The standard InChI is InChI=1S/C13H27NO2S/c1-7-12(15)14(4)11-9-10-13(3,8-2)17(5,6)16/h7,17H,1,8-11H2,2-6H3. The number of nitrogens with zero attached hydrogens (tertiary/aromatic N) is 1. The molecule has 0 heterocycles. The Morgan fingerprint density at radius 3 is 2.35 bits per heavy atom. The molecule has 0 aromatic carbocycles. The Morgan fingerprint density at radius 2 is 2.00 bits per heavy atom. The highest BCUT2D eigenvalue weighted by Crippen LogP contribution is 2.29. The monoisotopic (exact) mass is 261 g/mol. The molecule has 1 amide bonds. The van der Waals surface area contributed by atoms with Gasteiger partial charge < -0.3 is 4.90 Å². The van der Waals surface area contributed by atoms with Crippen LogP contribution in [-0.4, -0.2) is 45.9 Å². The second-order valence-corrected chi connectivity index (χ2v) is 9.05. The molecular weight excluding hydrogens is 234 g/mol. The predicted molar refractivity (Wildman–Crippen MR) is 77.1 cm³/mol. The molecule has 0 saturated carbocycles. The number of hydrogen-bond acceptors (Lipinski definition) is 2. The zero-order valence-electron chi connectivity index (χ0n) is 11.8. The first-order valence-electron chi connectivity index (χ1n) is 6.10. The van der Waals surface area contributed by atoms with Gasteiger partial charge in [0.05, 0.1) is 0 Å². The van der Waals surface area contributed by atoms with E-state index < -0.39 is 9.93 Å². The van der Waals surface area contributed by atoms with Crippen molar-refractivity contribution in [3.63, 3.8) is 0 Å². The van der Waals surface area contributed by atoms with Crippen LogP contribution in [0.5, 0.6) is 0 Å². The molecule has 0 saturated heterocycles. The average molecular weight is 261 g/mol. The van der Waals surface area contributed by atoms with Crippen LogP contribution in [0.1, 0.15) is 33.1 Å². The van der Waals surface area contributed by atoms with Gasteiger partial charge in [-0.2, -0.15) is 0 Å². The normalized spacial score (nSPS) is 16.1. The Bertz CT molecular complexity index is 321. The molecule has 1 atom stereocenters. The molecule has 0 aliphatic rings. The van der Waals surface area contributed by atoms with Crippen LogP contribution in [0.3, 0.4) is 0 Å². The SMILES string of the molecule is C=CC(=O)N(C)CCCC(C)(CC)[SH](C)(C)=O. The summed E-state index contributed by atoms with van der Waals surface area (Å²) < 4.78 is 12.1. The largest absolute Gasteiger partial charge is 0.342 e. The van der Waals surface area contributed by atoms with Crippen LogP contribution in [0.4, 0.5) is 0 Å². The lowest BCUT2D eigenvalue weighted by molar-refractivity contribution is -0.124. The lowest BCUT2D eigenvalue weighted by atomic mass is 10.0. The molecule has 0 aromatic rings. The van der Waals surface area contributed by atoms with Crippen molar-refractivity contribution in [2.45, 2.75) is 37.9 Å². The Morgan fingerprint density at radius 1 is 1.47 bits per heavy atom. The van der Waals surface area contributed by atoms with Crippen molar-refractivity contribution < 1.29 is 9.00 Å². The Labute approximate surface area is 107 Å². The molecule has 0 aromatic heterocycles. The van der Waals surface area contributed by atoms with E-state index in [-0.39, 0.29) is 10.7 Å². The highest BCUT2D eigenvalue weighted by molar-refractivity contribution is 8.03. The van der Waals surface area contributed by atoms with Gasteiger partial charge in [-0.05, 0) is 44.8 Å². The Kier molecular flexibility index (Phi) is 6.10. The van der Waals surface area contributed by atoms with Gasteiger partial charge in [0.15, 0.2) is 0 Å². The van der Waals surface area contributed by atoms with E-state index in [9.17, 15) is 9.00 Å². The quantitative estimate of drug-likeness (QED) is 0.561. The van der Waals surface area contributed by atoms with Crippen molar-refractivity contribution in [1.29, 1.82) is 0 Å². The third-order valence-electron chi connectivity index (χ3n) is 3.82. The zero-order chi connectivity index (χ0) is 13.7. The van der Waals surface area contributed by atoms with Crippen LogP contribution in [0.15, 0.2) is 12.7 Å². The van der Waals surface area contributed by atoms with Crippen LogP contribution in [-0.2, 0) is 14.7 Å². The first kappa shape index (κ1) is 16.4. The van der Waals surface area contributed by atoms with E-state index in [2.05, 4.69) is 20.4 Å². The predicted octanol–water partition coefficient (Wildman–Crippen LogP) is 1.86. The molecule has 3 nitrogen and oxygen atoms in total. The van der Waals surface area contributed by atoms with Crippen molar-refractivity contribution in [2.24, 2.45) is 0 Å². The van der Waals surface area contributed by atoms with E-state index in [4.69, 9.17) is 0 Å². The summed E-state index contributed by atoms with van der Waals surface area (Å²) in [5, 5.41) is 0. The van der Waals surface area contributed by atoms with Gasteiger partial charge in [-0.3, -0.25) is 9.00 Å². The molecular formula is C13H27NO2S. The molecule has 0 bridgehead atoms. The summed E-state index contributed by atoms with van der Waals surface area (Å²) in [5.74, 6) is -0.0561. The minimum absolute atomic E-state index is 0.0561. The molecule has 0 aliphatic heterocycles. The van der Waals surface area contributed by atoms with Gasteiger partial charge in [-0.25, -0.2) is 0 Å². The fraction of sp³-hybridized carbons (Fsp3) is 0.769. The number of likely N-dealkylation sites (N-methyl/N-ethyl adjacent to an activating group) is 1. The molecule has 1 unspecified atom stereocenters. The zero-order valence-corrected chi connectivity index (χ0v) is 12.7. The molecule has 0 rings (SSSR count). The fourth-order valence-corrected chi connectivity index (χ4v) is 3.25. The lowest BCUT2D eigenvalue weighted by Gasteiger charge is -2.37. The van der Waals surface area contributed by atoms with Crippen LogP contribution in [0.25, 0.3) is 0 Å². The molecule has 0 spiro atoms.